The second kappa shape index (κ2) is 5.66. The van der Waals surface area contributed by atoms with Crippen LogP contribution in [0.4, 0.5) is 5.69 Å². The van der Waals surface area contributed by atoms with Gasteiger partial charge < -0.3 is 9.80 Å². The zero-order valence-corrected chi connectivity index (χ0v) is 12.9. The molecule has 0 saturated carbocycles. The molecule has 1 amide bonds. The summed E-state index contributed by atoms with van der Waals surface area (Å²) in [5.41, 5.74) is 1.26. The van der Waals surface area contributed by atoms with E-state index >= 15 is 0 Å². The summed E-state index contributed by atoms with van der Waals surface area (Å²) in [7, 11) is 0. The van der Waals surface area contributed by atoms with E-state index in [1.807, 2.05) is 6.07 Å². The van der Waals surface area contributed by atoms with Gasteiger partial charge in [0.1, 0.15) is 0 Å². The van der Waals surface area contributed by atoms with Crippen molar-refractivity contribution in [3.8, 4) is 0 Å². The number of ketones is 1. The van der Waals surface area contributed by atoms with Gasteiger partial charge in [-0.1, -0.05) is 6.07 Å². The van der Waals surface area contributed by atoms with Crippen molar-refractivity contribution in [2.45, 2.75) is 19.3 Å². The molecule has 106 valence electrons. The van der Waals surface area contributed by atoms with E-state index in [0.29, 0.717) is 12.1 Å². The van der Waals surface area contributed by atoms with E-state index < -0.39 is 5.91 Å². The molecular formula is C15H17BrN2O2. The average Bonchev–Trinajstić information content (AvgIpc) is 3.03. The smallest absolute Gasteiger partial charge is 0.299 e. The van der Waals surface area contributed by atoms with Crippen LogP contribution < -0.4 is 4.90 Å². The van der Waals surface area contributed by atoms with Crippen molar-refractivity contribution in [1.29, 1.82) is 0 Å². The van der Waals surface area contributed by atoms with Crippen molar-refractivity contribution in [3.05, 3.63) is 28.2 Å². The molecule has 2 heterocycles. The predicted octanol–water partition coefficient (Wildman–Crippen LogP) is 2.46. The quantitative estimate of drug-likeness (QED) is 0.793. The van der Waals surface area contributed by atoms with Gasteiger partial charge in [0.2, 0.25) is 0 Å². The van der Waals surface area contributed by atoms with Gasteiger partial charge in [-0.15, -0.1) is 0 Å². The maximum Gasteiger partial charge on any atom is 0.299 e. The normalized spacial score (nSPS) is 18.9. The van der Waals surface area contributed by atoms with E-state index in [2.05, 4.69) is 20.8 Å². The summed E-state index contributed by atoms with van der Waals surface area (Å²) in [4.78, 5) is 28.1. The number of hydrogen-bond donors (Lipinski definition) is 0. The van der Waals surface area contributed by atoms with E-state index in [1.54, 1.807) is 17.0 Å². The summed E-state index contributed by atoms with van der Waals surface area (Å²) in [5, 5.41) is 0. The third kappa shape index (κ3) is 2.40. The minimum atomic E-state index is -0.395. The largest absolute Gasteiger partial charge is 0.304 e. The van der Waals surface area contributed by atoms with E-state index in [4.69, 9.17) is 0 Å². The molecule has 0 aliphatic carbocycles. The van der Waals surface area contributed by atoms with Crippen molar-refractivity contribution >= 4 is 33.3 Å². The first kappa shape index (κ1) is 13.8. The average molecular weight is 337 g/mol. The molecule has 1 fully saturated rings. The van der Waals surface area contributed by atoms with Crippen molar-refractivity contribution in [3.63, 3.8) is 0 Å². The highest BCUT2D eigenvalue weighted by molar-refractivity contribution is 9.10. The van der Waals surface area contributed by atoms with Crippen LogP contribution in [0.3, 0.4) is 0 Å². The monoisotopic (exact) mass is 336 g/mol. The molecule has 1 saturated heterocycles. The Morgan fingerprint density at radius 3 is 2.60 bits per heavy atom. The molecular weight excluding hydrogens is 320 g/mol. The van der Waals surface area contributed by atoms with Crippen LogP contribution >= 0.6 is 15.9 Å². The minimum Gasteiger partial charge on any atom is -0.304 e. The highest BCUT2D eigenvalue weighted by Crippen LogP contribution is 2.35. The van der Waals surface area contributed by atoms with Crippen LogP contribution in [0, 0.1) is 0 Å². The molecule has 20 heavy (non-hydrogen) atoms. The molecule has 0 aromatic heterocycles. The Morgan fingerprint density at radius 1 is 1.10 bits per heavy atom. The Bertz CT molecular complexity index is 553. The Balaban J connectivity index is 1.70. The molecule has 0 radical (unpaired) electrons. The van der Waals surface area contributed by atoms with E-state index in [-0.39, 0.29) is 5.78 Å². The first-order valence-corrected chi connectivity index (χ1v) is 7.85. The van der Waals surface area contributed by atoms with Gasteiger partial charge in [0, 0.05) is 11.0 Å². The number of fused-ring (bicyclic) bond motifs is 1. The van der Waals surface area contributed by atoms with Crippen molar-refractivity contribution in [2.75, 3.05) is 31.1 Å². The van der Waals surface area contributed by atoms with Crippen LogP contribution in [0.1, 0.15) is 29.6 Å². The first-order chi connectivity index (χ1) is 9.68. The Morgan fingerprint density at radius 2 is 1.85 bits per heavy atom. The third-order valence-corrected chi connectivity index (χ3v) is 4.64. The molecule has 1 aromatic carbocycles. The number of rotatable bonds is 4. The fourth-order valence-corrected chi connectivity index (χ4v) is 3.56. The van der Waals surface area contributed by atoms with Gasteiger partial charge in [0.05, 0.1) is 11.3 Å². The SMILES string of the molecule is O=C1C(=O)N(CCCN2CCCC2)c2c(Br)cccc21. The summed E-state index contributed by atoms with van der Waals surface area (Å²) < 4.78 is 0.815. The Labute approximate surface area is 126 Å². The van der Waals surface area contributed by atoms with Gasteiger partial charge in [0.15, 0.2) is 0 Å². The number of carbonyl (C=O) groups is 2. The number of benzene rings is 1. The number of hydrogen-bond acceptors (Lipinski definition) is 3. The van der Waals surface area contributed by atoms with E-state index in [1.165, 1.54) is 12.8 Å². The topological polar surface area (TPSA) is 40.6 Å². The molecule has 0 spiro atoms. The van der Waals surface area contributed by atoms with Gasteiger partial charge in [0.25, 0.3) is 11.7 Å². The maximum atomic E-state index is 12.1. The number of para-hydroxylation sites is 1. The lowest BCUT2D eigenvalue weighted by Crippen LogP contribution is -2.33. The third-order valence-electron chi connectivity index (χ3n) is 4.00. The molecule has 0 atom stereocenters. The molecule has 2 aliphatic heterocycles. The summed E-state index contributed by atoms with van der Waals surface area (Å²) >= 11 is 3.44. The summed E-state index contributed by atoms with van der Waals surface area (Å²) in [5.74, 6) is -0.782. The first-order valence-electron chi connectivity index (χ1n) is 7.05. The molecule has 0 unspecified atom stereocenters. The maximum absolute atomic E-state index is 12.1. The number of anilines is 1. The number of likely N-dealkylation sites (tertiary alicyclic amines) is 1. The molecule has 4 nitrogen and oxygen atoms in total. The van der Waals surface area contributed by atoms with Crippen molar-refractivity contribution in [2.24, 2.45) is 0 Å². The number of nitrogens with zero attached hydrogens (tertiary/aromatic N) is 2. The van der Waals surface area contributed by atoms with Gasteiger partial charge in [-0.2, -0.15) is 0 Å². The van der Waals surface area contributed by atoms with Gasteiger partial charge >= 0.3 is 0 Å². The summed E-state index contributed by atoms with van der Waals surface area (Å²) in [6, 6.07) is 5.39. The fourth-order valence-electron chi connectivity index (χ4n) is 2.98. The predicted molar refractivity (Wildman–Crippen MR) is 81.1 cm³/mol. The van der Waals surface area contributed by atoms with Crippen molar-refractivity contribution in [1.82, 2.24) is 4.90 Å². The second-order valence-corrected chi connectivity index (χ2v) is 6.18. The lowest BCUT2D eigenvalue weighted by Gasteiger charge is -2.20. The van der Waals surface area contributed by atoms with Crippen molar-refractivity contribution < 1.29 is 9.59 Å². The fraction of sp³-hybridized carbons (Fsp3) is 0.467. The zero-order valence-electron chi connectivity index (χ0n) is 11.3. The van der Waals surface area contributed by atoms with E-state index in [0.717, 1.165) is 36.2 Å². The molecule has 3 rings (SSSR count). The molecule has 2 aliphatic rings. The van der Waals surface area contributed by atoms with Crippen LogP contribution in [-0.2, 0) is 4.79 Å². The van der Waals surface area contributed by atoms with Crippen LogP contribution in [-0.4, -0.2) is 42.8 Å². The summed E-state index contributed by atoms with van der Waals surface area (Å²) in [6.07, 6.45) is 3.45. The number of carbonyl (C=O) groups excluding carboxylic acids is 2. The molecule has 5 heteroatoms. The van der Waals surface area contributed by atoms with Gasteiger partial charge in [-0.3, -0.25) is 9.59 Å². The zero-order chi connectivity index (χ0) is 14.1. The van der Waals surface area contributed by atoms with Gasteiger partial charge in [-0.05, 0) is 67.0 Å². The second-order valence-electron chi connectivity index (χ2n) is 5.32. The summed E-state index contributed by atoms with van der Waals surface area (Å²) in [6.45, 7) is 3.93. The van der Waals surface area contributed by atoms with Crippen LogP contribution in [0.15, 0.2) is 22.7 Å². The number of Topliss-reactive ketones (excluding diaryl/α,β-unsaturated/α-hetero) is 1. The highest BCUT2D eigenvalue weighted by atomic mass is 79.9. The van der Waals surface area contributed by atoms with Crippen LogP contribution in [0.5, 0.6) is 0 Å². The Hall–Kier alpha value is -1.20. The van der Waals surface area contributed by atoms with Crippen LogP contribution in [0.25, 0.3) is 0 Å². The minimum absolute atomic E-state index is 0.387. The standard InChI is InChI=1S/C15H17BrN2O2/c16-12-6-3-5-11-13(12)18(15(20)14(11)19)10-4-9-17-7-1-2-8-17/h3,5-6H,1-2,4,7-10H2. The number of amides is 1. The van der Waals surface area contributed by atoms with Crippen LogP contribution in [0.2, 0.25) is 0 Å². The number of halogens is 1. The molecule has 0 N–H and O–H groups in total. The molecule has 1 aromatic rings. The lowest BCUT2D eigenvalue weighted by atomic mass is 10.1. The van der Waals surface area contributed by atoms with Gasteiger partial charge in [-0.25, -0.2) is 0 Å². The Kier molecular flexibility index (Phi) is 3.89. The molecule has 0 bridgehead atoms. The lowest BCUT2D eigenvalue weighted by molar-refractivity contribution is -0.114. The van der Waals surface area contributed by atoms with E-state index in [9.17, 15) is 9.59 Å². The highest BCUT2D eigenvalue weighted by Gasteiger charge is 2.36.